The second-order valence-corrected chi connectivity index (χ2v) is 7.05. The molecule has 0 aromatic heterocycles. The number of nitrogens with zero attached hydrogens (tertiary/aromatic N) is 1. The highest BCUT2D eigenvalue weighted by Crippen LogP contribution is 2.33. The molecule has 0 bridgehead atoms. The van der Waals surface area contributed by atoms with Gasteiger partial charge in [-0.1, -0.05) is 36.4 Å². The first kappa shape index (κ1) is 19.7. The Bertz CT molecular complexity index is 964. The first-order valence-electron chi connectivity index (χ1n) is 9.51. The predicted molar refractivity (Wildman–Crippen MR) is 104 cm³/mol. The van der Waals surface area contributed by atoms with E-state index in [0.717, 1.165) is 4.90 Å². The second kappa shape index (κ2) is 8.42. The second-order valence-electron chi connectivity index (χ2n) is 7.05. The number of hydrogen-bond donors (Lipinski definition) is 3. The Kier molecular flexibility index (Phi) is 5.53. The summed E-state index contributed by atoms with van der Waals surface area (Å²) in [5.74, 6) is 0.264. The number of nitrogens with one attached hydrogen (secondary N) is 2. The van der Waals surface area contributed by atoms with Gasteiger partial charge >= 0.3 is 6.03 Å². The first-order chi connectivity index (χ1) is 14.5. The Labute approximate surface area is 172 Å². The van der Waals surface area contributed by atoms with Crippen molar-refractivity contribution < 1.29 is 29.0 Å². The molecule has 1 saturated heterocycles. The van der Waals surface area contributed by atoms with Crippen LogP contribution in [0.5, 0.6) is 11.5 Å². The SMILES string of the molecule is O=C(CC1NC(=O)N(Cc2ccc3c(c2)OCO3)C1=O)NCC(O)c1ccccc1. The van der Waals surface area contributed by atoms with Crippen molar-refractivity contribution in [3.8, 4) is 11.5 Å². The van der Waals surface area contributed by atoms with Gasteiger partial charge in [-0.3, -0.25) is 14.5 Å². The van der Waals surface area contributed by atoms with Gasteiger partial charge in [-0.2, -0.15) is 0 Å². The number of amides is 4. The molecule has 2 aliphatic rings. The third-order valence-corrected chi connectivity index (χ3v) is 4.95. The van der Waals surface area contributed by atoms with E-state index in [1.54, 1.807) is 42.5 Å². The summed E-state index contributed by atoms with van der Waals surface area (Å²) < 4.78 is 10.6. The van der Waals surface area contributed by atoms with Gasteiger partial charge < -0.3 is 25.2 Å². The van der Waals surface area contributed by atoms with Gasteiger partial charge in [0.25, 0.3) is 5.91 Å². The first-order valence-corrected chi connectivity index (χ1v) is 9.51. The van der Waals surface area contributed by atoms with Gasteiger partial charge in [0.2, 0.25) is 12.7 Å². The van der Waals surface area contributed by atoms with E-state index < -0.39 is 30.0 Å². The maximum Gasteiger partial charge on any atom is 0.325 e. The summed E-state index contributed by atoms with van der Waals surface area (Å²) in [6.07, 6.45) is -1.06. The van der Waals surface area contributed by atoms with Crippen molar-refractivity contribution in [2.75, 3.05) is 13.3 Å². The van der Waals surface area contributed by atoms with Gasteiger partial charge in [-0.15, -0.1) is 0 Å². The number of carbonyl (C=O) groups is 3. The van der Waals surface area contributed by atoms with Gasteiger partial charge in [0, 0.05) is 6.54 Å². The molecule has 1 fully saturated rings. The quantitative estimate of drug-likeness (QED) is 0.587. The van der Waals surface area contributed by atoms with E-state index in [9.17, 15) is 19.5 Å². The Morgan fingerprint density at radius 2 is 1.93 bits per heavy atom. The minimum absolute atomic E-state index is 0.0125. The van der Waals surface area contributed by atoms with E-state index in [0.29, 0.717) is 22.6 Å². The molecule has 2 aliphatic heterocycles. The fourth-order valence-corrected chi connectivity index (χ4v) is 3.35. The zero-order valence-electron chi connectivity index (χ0n) is 16.0. The summed E-state index contributed by atoms with van der Waals surface area (Å²) in [5, 5.41) is 15.2. The van der Waals surface area contributed by atoms with Gasteiger partial charge in [0.05, 0.1) is 19.1 Å². The molecule has 0 saturated carbocycles. The highest BCUT2D eigenvalue weighted by atomic mass is 16.7. The Morgan fingerprint density at radius 3 is 2.73 bits per heavy atom. The lowest BCUT2D eigenvalue weighted by Gasteiger charge is -2.14. The normalized spacial score (nSPS) is 18.3. The predicted octanol–water partition coefficient (Wildman–Crippen LogP) is 1.08. The molecule has 30 heavy (non-hydrogen) atoms. The van der Waals surface area contributed by atoms with Crippen LogP contribution in [0.25, 0.3) is 0 Å². The summed E-state index contributed by atoms with van der Waals surface area (Å²) in [6.45, 7) is 0.211. The highest BCUT2D eigenvalue weighted by molar-refractivity contribution is 6.05. The van der Waals surface area contributed by atoms with Crippen molar-refractivity contribution in [2.45, 2.75) is 25.1 Å². The third kappa shape index (κ3) is 4.20. The number of carbonyl (C=O) groups excluding carboxylic acids is 3. The Morgan fingerprint density at radius 1 is 1.17 bits per heavy atom. The Balaban J connectivity index is 1.30. The van der Waals surface area contributed by atoms with E-state index in [1.165, 1.54) is 0 Å². The van der Waals surface area contributed by atoms with Crippen molar-refractivity contribution >= 4 is 17.8 Å². The topological polar surface area (TPSA) is 117 Å². The van der Waals surface area contributed by atoms with E-state index >= 15 is 0 Å². The molecule has 156 valence electrons. The van der Waals surface area contributed by atoms with Gasteiger partial charge in [-0.25, -0.2) is 4.79 Å². The van der Waals surface area contributed by atoms with Crippen LogP contribution in [-0.2, 0) is 16.1 Å². The number of imide groups is 1. The van der Waals surface area contributed by atoms with Crippen molar-refractivity contribution in [3.63, 3.8) is 0 Å². The molecule has 3 N–H and O–H groups in total. The largest absolute Gasteiger partial charge is 0.454 e. The molecule has 2 aromatic carbocycles. The molecule has 2 heterocycles. The zero-order valence-corrected chi connectivity index (χ0v) is 16.0. The van der Waals surface area contributed by atoms with Gasteiger partial charge in [0.15, 0.2) is 11.5 Å². The van der Waals surface area contributed by atoms with Crippen LogP contribution in [0.15, 0.2) is 48.5 Å². The molecule has 4 rings (SSSR count). The number of urea groups is 1. The van der Waals surface area contributed by atoms with Crippen molar-refractivity contribution in [3.05, 3.63) is 59.7 Å². The molecule has 2 atom stereocenters. The van der Waals surface area contributed by atoms with E-state index in [2.05, 4.69) is 10.6 Å². The van der Waals surface area contributed by atoms with Crippen LogP contribution >= 0.6 is 0 Å². The fraction of sp³-hybridized carbons (Fsp3) is 0.286. The fourth-order valence-electron chi connectivity index (χ4n) is 3.35. The standard InChI is InChI=1S/C21H21N3O6/c25-16(14-4-2-1-3-5-14)10-22-19(26)9-15-20(27)24(21(28)23-15)11-13-6-7-17-18(8-13)30-12-29-17/h1-8,15-16,25H,9-12H2,(H,22,26)(H,23,28). The van der Waals surface area contributed by atoms with E-state index in [1.807, 2.05) is 6.07 Å². The van der Waals surface area contributed by atoms with Crippen molar-refractivity contribution in [1.82, 2.24) is 15.5 Å². The molecule has 0 spiro atoms. The minimum Gasteiger partial charge on any atom is -0.454 e. The van der Waals surface area contributed by atoms with Gasteiger partial charge in [0.1, 0.15) is 6.04 Å². The number of fused-ring (bicyclic) bond motifs is 1. The van der Waals surface area contributed by atoms with E-state index in [-0.39, 0.29) is 26.3 Å². The highest BCUT2D eigenvalue weighted by Gasteiger charge is 2.39. The number of aliphatic hydroxyl groups is 1. The summed E-state index contributed by atoms with van der Waals surface area (Å²) in [5.41, 5.74) is 1.39. The van der Waals surface area contributed by atoms with E-state index in [4.69, 9.17) is 9.47 Å². The molecule has 0 radical (unpaired) electrons. The molecule has 2 aromatic rings. The van der Waals surface area contributed by atoms with Crippen LogP contribution in [0, 0.1) is 0 Å². The summed E-state index contributed by atoms with van der Waals surface area (Å²) in [4.78, 5) is 38.1. The zero-order chi connectivity index (χ0) is 21.1. The number of benzene rings is 2. The van der Waals surface area contributed by atoms with Crippen LogP contribution < -0.4 is 20.1 Å². The average Bonchev–Trinajstić information content (AvgIpc) is 3.32. The molecule has 9 heteroatoms. The summed E-state index contributed by atoms with van der Waals surface area (Å²) >= 11 is 0. The molecule has 2 unspecified atom stereocenters. The molecule has 0 aliphatic carbocycles. The maximum absolute atomic E-state index is 12.6. The van der Waals surface area contributed by atoms with Crippen LogP contribution in [0.4, 0.5) is 4.79 Å². The van der Waals surface area contributed by atoms with Crippen LogP contribution in [0.2, 0.25) is 0 Å². The summed E-state index contributed by atoms with van der Waals surface area (Å²) in [6, 6.07) is 12.6. The molecular weight excluding hydrogens is 390 g/mol. The monoisotopic (exact) mass is 411 g/mol. The molecule has 4 amide bonds. The number of aliphatic hydroxyl groups excluding tert-OH is 1. The van der Waals surface area contributed by atoms with Crippen molar-refractivity contribution in [1.29, 1.82) is 0 Å². The third-order valence-electron chi connectivity index (χ3n) is 4.95. The number of hydrogen-bond acceptors (Lipinski definition) is 6. The smallest absolute Gasteiger partial charge is 0.325 e. The number of ether oxygens (including phenoxy) is 2. The average molecular weight is 411 g/mol. The molecule has 9 nitrogen and oxygen atoms in total. The maximum atomic E-state index is 12.6. The van der Waals surface area contributed by atoms with Crippen molar-refractivity contribution in [2.24, 2.45) is 0 Å². The lowest BCUT2D eigenvalue weighted by atomic mass is 10.1. The van der Waals surface area contributed by atoms with Crippen LogP contribution in [-0.4, -0.2) is 47.2 Å². The number of rotatable bonds is 7. The molecular formula is C21H21N3O6. The van der Waals surface area contributed by atoms with Gasteiger partial charge in [-0.05, 0) is 23.3 Å². The lowest BCUT2D eigenvalue weighted by Crippen LogP contribution is -2.37. The minimum atomic E-state index is -0.944. The van der Waals surface area contributed by atoms with Crippen LogP contribution in [0.3, 0.4) is 0 Å². The Hall–Kier alpha value is -3.59. The lowest BCUT2D eigenvalue weighted by molar-refractivity contribution is -0.131. The van der Waals surface area contributed by atoms with Crippen LogP contribution in [0.1, 0.15) is 23.7 Å². The summed E-state index contributed by atoms with van der Waals surface area (Å²) in [7, 11) is 0.